The molecule has 3 heterocycles. The molecule has 0 saturated heterocycles. The predicted molar refractivity (Wildman–Crippen MR) is 66.0 cm³/mol. The summed E-state index contributed by atoms with van der Waals surface area (Å²) < 4.78 is 6.19. The minimum Gasteiger partial charge on any atom is -0.361 e. The molecule has 6 heteroatoms. The Morgan fingerprint density at radius 3 is 3.18 bits per heavy atom. The van der Waals surface area contributed by atoms with Gasteiger partial charge in [-0.2, -0.15) is 0 Å². The lowest BCUT2D eigenvalue weighted by Crippen LogP contribution is -2.00. The van der Waals surface area contributed by atoms with Crippen molar-refractivity contribution in [2.75, 3.05) is 5.32 Å². The Morgan fingerprint density at radius 1 is 1.41 bits per heavy atom. The van der Waals surface area contributed by atoms with E-state index in [0.29, 0.717) is 6.54 Å². The molecule has 86 valence electrons. The molecule has 0 radical (unpaired) electrons. The average Bonchev–Trinajstić information content (AvgIpc) is 2.94. The van der Waals surface area contributed by atoms with E-state index in [9.17, 15) is 0 Å². The summed E-state index contributed by atoms with van der Waals surface area (Å²) in [6, 6.07) is 3.88. The van der Waals surface area contributed by atoms with Crippen LogP contribution >= 0.6 is 11.3 Å². The van der Waals surface area contributed by atoms with Crippen LogP contribution in [-0.4, -0.2) is 15.1 Å². The molecule has 0 aromatic carbocycles. The number of aromatic nitrogens is 3. The highest BCUT2D eigenvalue weighted by molar-refractivity contribution is 7.17. The minimum atomic E-state index is 0.574. The summed E-state index contributed by atoms with van der Waals surface area (Å²) in [5, 5.41) is 9.07. The smallest absolute Gasteiger partial charge is 0.156 e. The van der Waals surface area contributed by atoms with Crippen LogP contribution in [0.2, 0.25) is 0 Å². The zero-order valence-electron chi connectivity index (χ0n) is 9.17. The number of nitrogens with one attached hydrogen (secondary N) is 1. The van der Waals surface area contributed by atoms with Gasteiger partial charge < -0.3 is 9.84 Å². The molecule has 0 aliphatic rings. The quantitative estimate of drug-likeness (QED) is 0.769. The number of rotatable bonds is 3. The number of fused-ring (bicyclic) bond motifs is 1. The maximum Gasteiger partial charge on any atom is 0.156 e. The molecular weight excluding hydrogens is 236 g/mol. The van der Waals surface area contributed by atoms with Crippen molar-refractivity contribution in [3.8, 4) is 0 Å². The second kappa shape index (κ2) is 4.14. The van der Waals surface area contributed by atoms with Crippen LogP contribution in [-0.2, 0) is 6.54 Å². The van der Waals surface area contributed by atoms with Crippen LogP contribution in [0.3, 0.4) is 0 Å². The summed E-state index contributed by atoms with van der Waals surface area (Å²) in [5.41, 5.74) is 1.84. The van der Waals surface area contributed by atoms with Crippen LogP contribution in [0.5, 0.6) is 0 Å². The maximum atomic E-state index is 5.13. The summed E-state index contributed by atoms with van der Waals surface area (Å²) in [7, 11) is 0. The van der Waals surface area contributed by atoms with E-state index in [-0.39, 0.29) is 0 Å². The van der Waals surface area contributed by atoms with E-state index in [1.54, 1.807) is 17.7 Å². The molecule has 0 atom stereocenters. The first-order valence-electron chi connectivity index (χ1n) is 5.17. The molecule has 3 aromatic rings. The van der Waals surface area contributed by atoms with Gasteiger partial charge in [0.15, 0.2) is 5.76 Å². The van der Waals surface area contributed by atoms with Crippen molar-refractivity contribution >= 4 is 27.4 Å². The third-order valence-corrected chi connectivity index (χ3v) is 3.26. The monoisotopic (exact) mass is 246 g/mol. The zero-order valence-corrected chi connectivity index (χ0v) is 9.99. The third kappa shape index (κ3) is 1.99. The molecule has 3 aromatic heterocycles. The molecule has 0 aliphatic heterocycles. The molecule has 3 rings (SSSR count). The SMILES string of the molecule is Cc1cc(CNc2ncnc3ccsc23)on1. The van der Waals surface area contributed by atoms with Crippen molar-refractivity contribution in [1.29, 1.82) is 0 Å². The van der Waals surface area contributed by atoms with Crippen molar-refractivity contribution in [2.45, 2.75) is 13.5 Å². The molecule has 0 fully saturated rings. The molecule has 17 heavy (non-hydrogen) atoms. The normalized spacial score (nSPS) is 10.9. The first kappa shape index (κ1) is 10.2. The van der Waals surface area contributed by atoms with Gasteiger partial charge >= 0.3 is 0 Å². The van der Waals surface area contributed by atoms with Gasteiger partial charge in [-0.25, -0.2) is 9.97 Å². The highest BCUT2D eigenvalue weighted by Crippen LogP contribution is 2.25. The van der Waals surface area contributed by atoms with Crippen LogP contribution < -0.4 is 5.32 Å². The number of hydrogen-bond acceptors (Lipinski definition) is 6. The van der Waals surface area contributed by atoms with Gasteiger partial charge in [-0.05, 0) is 18.4 Å². The van der Waals surface area contributed by atoms with Gasteiger partial charge in [0.2, 0.25) is 0 Å². The van der Waals surface area contributed by atoms with Gasteiger partial charge in [0.25, 0.3) is 0 Å². The lowest BCUT2D eigenvalue weighted by atomic mass is 10.4. The number of thiophene rings is 1. The summed E-state index contributed by atoms with van der Waals surface area (Å²) in [5.74, 6) is 1.63. The van der Waals surface area contributed by atoms with E-state index >= 15 is 0 Å². The minimum absolute atomic E-state index is 0.574. The van der Waals surface area contributed by atoms with E-state index in [1.807, 2.05) is 24.4 Å². The van der Waals surface area contributed by atoms with Crippen LogP contribution in [0.1, 0.15) is 11.5 Å². The summed E-state index contributed by atoms with van der Waals surface area (Å²) >= 11 is 1.62. The Morgan fingerprint density at radius 2 is 2.35 bits per heavy atom. The van der Waals surface area contributed by atoms with Crippen molar-refractivity contribution in [3.05, 3.63) is 35.3 Å². The molecular formula is C11H10N4OS. The Balaban J connectivity index is 1.83. The standard InChI is InChI=1S/C11H10N4OS/c1-7-4-8(16-15-7)5-12-11-10-9(2-3-17-10)13-6-14-11/h2-4,6H,5H2,1H3,(H,12,13,14). The summed E-state index contributed by atoms with van der Waals surface area (Å²) in [4.78, 5) is 8.41. The molecule has 0 amide bonds. The number of hydrogen-bond donors (Lipinski definition) is 1. The second-order valence-corrected chi connectivity index (χ2v) is 4.56. The summed E-state index contributed by atoms with van der Waals surface area (Å²) in [6.07, 6.45) is 1.56. The highest BCUT2D eigenvalue weighted by Gasteiger charge is 2.06. The van der Waals surface area contributed by atoms with Crippen LogP contribution in [0.15, 0.2) is 28.4 Å². The molecule has 1 N–H and O–H groups in total. The van der Waals surface area contributed by atoms with E-state index in [2.05, 4.69) is 20.4 Å². The average molecular weight is 246 g/mol. The van der Waals surface area contributed by atoms with Crippen molar-refractivity contribution < 1.29 is 4.52 Å². The topological polar surface area (TPSA) is 63.8 Å². The zero-order chi connectivity index (χ0) is 11.7. The Labute approximate surface area is 101 Å². The lowest BCUT2D eigenvalue weighted by Gasteiger charge is -2.02. The number of anilines is 1. The Hall–Kier alpha value is -1.95. The number of nitrogens with zero attached hydrogens (tertiary/aromatic N) is 3. The first-order chi connectivity index (χ1) is 8.33. The van der Waals surface area contributed by atoms with Gasteiger partial charge in [-0.3, -0.25) is 0 Å². The third-order valence-electron chi connectivity index (χ3n) is 2.35. The van der Waals surface area contributed by atoms with Gasteiger partial charge in [-0.1, -0.05) is 5.16 Å². The first-order valence-corrected chi connectivity index (χ1v) is 6.05. The molecule has 0 unspecified atom stereocenters. The van der Waals surface area contributed by atoms with Crippen molar-refractivity contribution in [1.82, 2.24) is 15.1 Å². The van der Waals surface area contributed by atoms with Gasteiger partial charge in [-0.15, -0.1) is 11.3 Å². The van der Waals surface area contributed by atoms with Gasteiger partial charge in [0, 0.05) is 6.07 Å². The second-order valence-electron chi connectivity index (χ2n) is 3.65. The van der Waals surface area contributed by atoms with E-state index in [4.69, 9.17) is 4.52 Å². The van der Waals surface area contributed by atoms with Gasteiger partial charge in [0.05, 0.1) is 22.5 Å². The van der Waals surface area contributed by atoms with Crippen LogP contribution in [0.25, 0.3) is 10.2 Å². The van der Waals surface area contributed by atoms with Crippen molar-refractivity contribution in [2.24, 2.45) is 0 Å². The molecule has 5 nitrogen and oxygen atoms in total. The van der Waals surface area contributed by atoms with Gasteiger partial charge in [0.1, 0.15) is 12.1 Å². The Kier molecular flexibility index (Phi) is 2.49. The molecule has 0 saturated carbocycles. The van der Waals surface area contributed by atoms with E-state index < -0.39 is 0 Å². The summed E-state index contributed by atoms with van der Waals surface area (Å²) in [6.45, 7) is 2.47. The maximum absolute atomic E-state index is 5.13. The largest absolute Gasteiger partial charge is 0.361 e. The van der Waals surface area contributed by atoms with E-state index in [0.717, 1.165) is 27.5 Å². The Bertz CT molecular complexity index is 646. The molecule has 0 spiro atoms. The van der Waals surface area contributed by atoms with Crippen molar-refractivity contribution in [3.63, 3.8) is 0 Å². The van der Waals surface area contributed by atoms with Crippen LogP contribution in [0, 0.1) is 6.92 Å². The highest BCUT2D eigenvalue weighted by atomic mass is 32.1. The lowest BCUT2D eigenvalue weighted by molar-refractivity contribution is 0.384. The fourth-order valence-electron chi connectivity index (χ4n) is 1.59. The number of aryl methyl sites for hydroxylation is 1. The predicted octanol–water partition coefficient (Wildman–Crippen LogP) is 2.60. The van der Waals surface area contributed by atoms with E-state index in [1.165, 1.54) is 0 Å². The molecule has 0 bridgehead atoms. The molecule has 0 aliphatic carbocycles. The fourth-order valence-corrected chi connectivity index (χ4v) is 2.40. The van der Waals surface area contributed by atoms with Crippen LogP contribution in [0.4, 0.5) is 5.82 Å². The fraction of sp³-hybridized carbons (Fsp3) is 0.182.